The van der Waals surface area contributed by atoms with Crippen molar-refractivity contribution in [3.05, 3.63) is 60.0 Å². The third-order valence-electron chi connectivity index (χ3n) is 4.85. The molecule has 0 saturated carbocycles. The number of rotatable bonds is 3. The Morgan fingerprint density at radius 3 is 2.50 bits per heavy atom. The summed E-state index contributed by atoms with van der Waals surface area (Å²) >= 11 is 6.99. The van der Waals surface area contributed by atoms with E-state index < -0.39 is 0 Å². The quantitative estimate of drug-likeness (QED) is 0.333. The second kappa shape index (κ2) is 8.48. The number of fused-ring (bicyclic) bond motifs is 3. The first-order valence-electron chi connectivity index (χ1n) is 9.52. The zero-order valence-corrected chi connectivity index (χ0v) is 18.3. The zero-order chi connectivity index (χ0) is 22.1. The number of carbonyl (C=O) groups excluding carboxylic acids is 1. The number of benzene rings is 1. The molecule has 11 heteroatoms. The van der Waals surface area contributed by atoms with Crippen molar-refractivity contribution in [1.29, 1.82) is 0 Å². The molecule has 1 aliphatic heterocycles. The van der Waals surface area contributed by atoms with Gasteiger partial charge in [-0.1, -0.05) is 23.4 Å². The lowest BCUT2D eigenvalue weighted by Gasteiger charge is -2.13. The van der Waals surface area contributed by atoms with Crippen molar-refractivity contribution in [1.82, 2.24) is 29.9 Å². The molecule has 0 unspecified atom stereocenters. The summed E-state index contributed by atoms with van der Waals surface area (Å²) in [6, 6.07) is 7.60. The van der Waals surface area contributed by atoms with Gasteiger partial charge in [0.1, 0.15) is 40.7 Å². The molecule has 0 atom stereocenters. The van der Waals surface area contributed by atoms with Gasteiger partial charge < -0.3 is 20.0 Å². The van der Waals surface area contributed by atoms with Gasteiger partial charge in [-0.25, -0.2) is 19.9 Å². The molecule has 4 aromatic heterocycles. The van der Waals surface area contributed by atoms with Crippen molar-refractivity contribution in [3.8, 4) is 5.75 Å². The smallest absolute Gasteiger partial charge is 0.198 e. The third-order valence-corrected chi connectivity index (χ3v) is 6.13. The SMILES string of the molecule is COc1cc2c(cc1Nc1ncnc3[nH]ccc13)SC(=O)C2.Clc1ncnc2[nH]ccc12. The average molecular weight is 466 g/mol. The van der Waals surface area contributed by atoms with Gasteiger partial charge in [-0.15, -0.1) is 0 Å². The van der Waals surface area contributed by atoms with Crippen LogP contribution in [0.2, 0.25) is 5.15 Å². The molecule has 160 valence electrons. The van der Waals surface area contributed by atoms with Crippen molar-refractivity contribution >= 4 is 62.1 Å². The van der Waals surface area contributed by atoms with Crippen molar-refractivity contribution in [2.45, 2.75) is 11.3 Å². The van der Waals surface area contributed by atoms with Gasteiger partial charge in [0.25, 0.3) is 0 Å². The van der Waals surface area contributed by atoms with Crippen molar-refractivity contribution in [2.75, 3.05) is 12.4 Å². The highest BCUT2D eigenvalue weighted by Crippen LogP contribution is 2.40. The van der Waals surface area contributed by atoms with Gasteiger partial charge in [-0.05, 0) is 29.8 Å². The fraction of sp³-hybridized carbons (Fsp3) is 0.0952. The van der Waals surface area contributed by atoms with E-state index in [1.807, 2.05) is 30.5 Å². The number of methoxy groups -OCH3 is 1. The van der Waals surface area contributed by atoms with Crippen LogP contribution in [-0.4, -0.2) is 42.1 Å². The average Bonchev–Trinajstić information content (AvgIpc) is 3.53. The minimum absolute atomic E-state index is 0.157. The zero-order valence-electron chi connectivity index (χ0n) is 16.7. The Hall–Kier alpha value is -3.63. The summed E-state index contributed by atoms with van der Waals surface area (Å²) in [5, 5.41) is 5.69. The summed E-state index contributed by atoms with van der Waals surface area (Å²) in [5.74, 6) is 1.38. The lowest BCUT2D eigenvalue weighted by molar-refractivity contribution is -0.110. The second-order valence-electron chi connectivity index (χ2n) is 6.80. The maximum absolute atomic E-state index is 11.6. The summed E-state index contributed by atoms with van der Waals surface area (Å²) in [5.41, 5.74) is 3.33. The largest absolute Gasteiger partial charge is 0.495 e. The van der Waals surface area contributed by atoms with Crippen LogP contribution in [0.15, 0.2) is 54.2 Å². The van der Waals surface area contributed by atoms with Gasteiger partial charge in [0, 0.05) is 23.7 Å². The van der Waals surface area contributed by atoms with E-state index in [-0.39, 0.29) is 5.12 Å². The van der Waals surface area contributed by atoms with Gasteiger partial charge in [0.05, 0.1) is 23.6 Å². The Morgan fingerprint density at radius 2 is 1.75 bits per heavy atom. The number of ether oxygens (including phenoxy) is 1. The monoisotopic (exact) mass is 465 g/mol. The van der Waals surface area contributed by atoms with Gasteiger partial charge in [-0.3, -0.25) is 4.79 Å². The number of hydrogen-bond donors (Lipinski definition) is 3. The molecule has 0 amide bonds. The minimum atomic E-state index is 0.157. The highest BCUT2D eigenvalue weighted by Gasteiger charge is 2.22. The van der Waals surface area contributed by atoms with Crippen LogP contribution in [0, 0.1) is 0 Å². The number of halogens is 1. The Balaban J connectivity index is 0.000000180. The molecular formula is C21H16ClN7O2S. The molecule has 5 aromatic rings. The van der Waals surface area contributed by atoms with Gasteiger partial charge in [0.15, 0.2) is 5.12 Å². The van der Waals surface area contributed by atoms with E-state index in [1.165, 1.54) is 24.4 Å². The van der Waals surface area contributed by atoms with Crippen LogP contribution < -0.4 is 10.1 Å². The standard InChI is InChI=1S/C15H12N4O2S.C6H4ClN3/c1-21-11-4-8-5-13(20)22-12(8)6-10(11)19-15-9-2-3-16-14(9)17-7-18-15;7-5-4-1-2-8-6(4)10-3-9-5/h2-4,6-7H,5H2,1H3,(H2,16,17,18,19);1-3H,(H,8,9,10). The molecule has 32 heavy (non-hydrogen) atoms. The molecule has 0 fully saturated rings. The number of H-pyrrole nitrogens is 2. The normalized spacial score (nSPS) is 12.5. The number of thioether (sulfide) groups is 1. The van der Waals surface area contributed by atoms with E-state index in [0.717, 1.165) is 38.2 Å². The molecule has 0 saturated heterocycles. The predicted octanol–water partition coefficient (Wildman–Crippen LogP) is 4.50. The third kappa shape index (κ3) is 3.85. The Labute approximate surface area is 191 Å². The second-order valence-corrected chi connectivity index (χ2v) is 8.26. The van der Waals surface area contributed by atoms with E-state index in [9.17, 15) is 4.79 Å². The summed E-state index contributed by atoms with van der Waals surface area (Å²) in [7, 11) is 1.61. The van der Waals surface area contributed by atoms with E-state index in [4.69, 9.17) is 16.3 Å². The van der Waals surface area contributed by atoms with E-state index in [1.54, 1.807) is 13.3 Å². The first kappa shape index (κ1) is 20.3. The predicted molar refractivity (Wildman–Crippen MR) is 124 cm³/mol. The van der Waals surface area contributed by atoms with Crippen molar-refractivity contribution < 1.29 is 9.53 Å². The van der Waals surface area contributed by atoms with Crippen LogP contribution in [0.5, 0.6) is 5.75 Å². The first-order valence-corrected chi connectivity index (χ1v) is 10.7. The van der Waals surface area contributed by atoms with E-state index in [2.05, 4.69) is 35.2 Å². The summed E-state index contributed by atoms with van der Waals surface area (Å²) in [6.07, 6.45) is 6.98. The van der Waals surface area contributed by atoms with Gasteiger partial charge >= 0.3 is 0 Å². The van der Waals surface area contributed by atoms with Gasteiger partial charge in [0.2, 0.25) is 0 Å². The number of nitrogens with one attached hydrogen (secondary N) is 3. The molecule has 0 bridgehead atoms. The lowest BCUT2D eigenvalue weighted by atomic mass is 10.1. The maximum Gasteiger partial charge on any atom is 0.198 e. The molecule has 9 nitrogen and oxygen atoms in total. The molecule has 1 aliphatic rings. The Morgan fingerprint density at radius 1 is 1.03 bits per heavy atom. The highest BCUT2D eigenvalue weighted by molar-refractivity contribution is 8.14. The lowest BCUT2D eigenvalue weighted by Crippen LogP contribution is -1.99. The van der Waals surface area contributed by atoms with Crippen LogP contribution in [0.1, 0.15) is 5.56 Å². The van der Waals surface area contributed by atoms with Crippen LogP contribution >= 0.6 is 23.4 Å². The molecule has 0 spiro atoms. The van der Waals surface area contributed by atoms with Crippen molar-refractivity contribution in [2.24, 2.45) is 0 Å². The first-order chi connectivity index (χ1) is 15.6. The fourth-order valence-electron chi connectivity index (χ4n) is 3.36. The molecule has 0 radical (unpaired) electrons. The molecule has 0 aliphatic carbocycles. The van der Waals surface area contributed by atoms with Crippen LogP contribution in [-0.2, 0) is 11.2 Å². The number of nitrogens with zero attached hydrogens (tertiary/aromatic N) is 4. The Bertz CT molecular complexity index is 1450. The summed E-state index contributed by atoms with van der Waals surface area (Å²) < 4.78 is 5.44. The minimum Gasteiger partial charge on any atom is -0.495 e. The highest BCUT2D eigenvalue weighted by atomic mass is 35.5. The number of aromatic nitrogens is 6. The van der Waals surface area contributed by atoms with Crippen LogP contribution in [0.3, 0.4) is 0 Å². The van der Waals surface area contributed by atoms with Crippen LogP contribution in [0.4, 0.5) is 11.5 Å². The number of hydrogen-bond acceptors (Lipinski definition) is 8. The fourth-order valence-corrected chi connectivity index (χ4v) is 4.46. The Kier molecular flexibility index (Phi) is 5.38. The number of aromatic amines is 2. The summed E-state index contributed by atoms with van der Waals surface area (Å²) in [6.45, 7) is 0. The summed E-state index contributed by atoms with van der Waals surface area (Å²) in [4.78, 5) is 34.7. The number of carbonyl (C=O) groups is 1. The molecule has 1 aromatic carbocycles. The maximum atomic E-state index is 11.6. The van der Waals surface area contributed by atoms with E-state index in [0.29, 0.717) is 23.1 Å². The van der Waals surface area contributed by atoms with E-state index >= 15 is 0 Å². The van der Waals surface area contributed by atoms with Crippen LogP contribution in [0.25, 0.3) is 22.1 Å². The van der Waals surface area contributed by atoms with Crippen molar-refractivity contribution in [3.63, 3.8) is 0 Å². The molecule has 3 N–H and O–H groups in total. The molecular weight excluding hydrogens is 450 g/mol. The van der Waals surface area contributed by atoms with Gasteiger partial charge in [-0.2, -0.15) is 0 Å². The molecule has 5 heterocycles. The number of anilines is 2. The molecule has 6 rings (SSSR count). The topological polar surface area (TPSA) is 121 Å².